The van der Waals surface area contributed by atoms with Crippen molar-refractivity contribution in [1.29, 1.82) is 0 Å². The summed E-state index contributed by atoms with van der Waals surface area (Å²) in [5.41, 5.74) is 24.1. The average Bonchev–Trinajstić information content (AvgIpc) is 3.41. The summed E-state index contributed by atoms with van der Waals surface area (Å²) >= 11 is 6.08. The number of aliphatic hydroxyl groups excluding tert-OH is 1. The molecule has 77 heavy (non-hydrogen) atoms. The summed E-state index contributed by atoms with van der Waals surface area (Å²) in [6.45, 7) is 0.240. The van der Waals surface area contributed by atoms with E-state index in [0.717, 1.165) is 21.6 Å². The van der Waals surface area contributed by atoms with E-state index in [4.69, 9.17) is 34.5 Å². The van der Waals surface area contributed by atoms with E-state index in [1.54, 1.807) is 84.9 Å². The van der Waals surface area contributed by atoms with Gasteiger partial charge in [0.25, 0.3) is 0 Å². The SMILES string of the molecule is NCCCC[C@@H]1NC(=O)[C@@H](Cc2ccc(C(N)=O)cc2)NC(=O)[C@H](Cc2ccccc2)NC(=O)[C@H](NC(=O)[C@@H](N)Cc2ccc(Cl)cc2)CSSCC2(C(=O)NC(Cc3ccccc3)C(N)=O)C[C@@H](O)[C@H](NC1=O)C(=O)N2. The van der Waals surface area contributed by atoms with Gasteiger partial charge in [0.2, 0.25) is 53.2 Å². The quantitative estimate of drug-likeness (QED) is 0.0342. The highest BCUT2D eigenvalue weighted by atomic mass is 35.5. The lowest BCUT2D eigenvalue weighted by molar-refractivity contribution is -0.144. The van der Waals surface area contributed by atoms with Gasteiger partial charge in [-0.2, -0.15) is 0 Å². The Labute approximate surface area is 458 Å². The van der Waals surface area contributed by atoms with Gasteiger partial charge in [-0.15, -0.1) is 0 Å². The summed E-state index contributed by atoms with van der Waals surface area (Å²) < 4.78 is 0. The molecule has 2 bridgehead atoms. The second-order valence-corrected chi connectivity index (χ2v) is 21.9. The van der Waals surface area contributed by atoms with Crippen LogP contribution in [0.2, 0.25) is 5.02 Å². The Morgan fingerprint density at radius 2 is 1.22 bits per heavy atom. The van der Waals surface area contributed by atoms with Crippen LogP contribution in [0.25, 0.3) is 0 Å². The normalized spacial score (nSPS) is 23.4. The van der Waals surface area contributed by atoms with Crippen molar-refractivity contribution in [3.63, 3.8) is 0 Å². The Hall–Kier alpha value is -7.02. The standard InChI is InChI=1S/C53H64ClN11O10S2/c54-35-20-16-32(17-21-35)23-36(56)46(69)62-41-28-76-77-29-53(52(75)63-38(45(58)68)24-30-9-3-1-4-10-30)27-42(66)43(51(74)65-53)64-47(70)37(13-7-8-22-55)59-48(71)40(26-33-14-18-34(19-15-33)44(57)67)60-49(72)39(61-50(41)73)25-31-11-5-2-6-12-31/h1-6,9-12,14-21,36-43,66H,7-8,13,22-29,55-56H2,(H2,57,67)(H2,58,68)(H,59,71)(H,60,72)(H,61,73)(H,62,69)(H,63,75)(H,64,70)(H,65,74)/t36-,37-,38?,39-,40+,41+,42+,43-,53?/m0/s1. The fourth-order valence-corrected chi connectivity index (χ4v) is 11.4. The number of unbranched alkanes of at least 4 members (excludes halogenated alkanes) is 1. The van der Waals surface area contributed by atoms with Crippen LogP contribution >= 0.6 is 33.2 Å². The number of nitrogens with one attached hydrogen (secondary N) is 7. The van der Waals surface area contributed by atoms with Crippen molar-refractivity contribution < 1.29 is 48.3 Å². The Balaban J connectivity index is 1.39. The maximum atomic E-state index is 14.7. The summed E-state index contributed by atoms with van der Waals surface area (Å²) in [7, 11) is 1.98. The molecule has 3 aliphatic heterocycles. The molecule has 7 rings (SSSR count). The lowest BCUT2D eigenvalue weighted by Crippen LogP contribution is -2.73. The van der Waals surface area contributed by atoms with Gasteiger partial charge in [-0.3, -0.25) is 43.2 Å². The van der Waals surface area contributed by atoms with E-state index in [-0.39, 0.29) is 55.7 Å². The number of hydrogen-bond donors (Lipinski definition) is 12. The summed E-state index contributed by atoms with van der Waals surface area (Å²) in [5, 5.41) is 31.1. The van der Waals surface area contributed by atoms with Crippen LogP contribution in [0.5, 0.6) is 0 Å². The molecule has 21 nitrogen and oxygen atoms in total. The number of primary amides is 2. The molecule has 0 saturated carbocycles. The number of fused-ring (bicyclic) bond motifs is 17. The zero-order valence-electron chi connectivity index (χ0n) is 41.9. The van der Waals surface area contributed by atoms with E-state index in [1.807, 2.05) is 0 Å². The molecule has 3 saturated heterocycles. The number of amides is 9. The molecule has 3 fully saturated rings. The van der Waals surface area contributed by atoms with E-state index in [1.165, 1.54) is 24.3 Å². The fourth-order valence-electron chi connectivity index (χ4n) is 8.68. The van der Waals surface area contributed by atoms with Crippen LogP contribution in [0.4, 0.5) is 0 Å². The molecule has 3 aliphatic rings. The maximum Gasteiger partial charge on any atom is 0.248 e. The molecule has 24 heteroatoms. The fraction of sp³-hybridized carbons (Fsp3) is 0.377. The van der Waals surface area contributed by atoms with Crippen molar-refractivity contribution >= 4 is 86.4 Å². The molecule has 0 spiro atoms. The molecule has 4 aromatic carbocycles. The van der Waals surface area contributed by atoms with Crippen molar-refractivity contribution in [2.24, 2.45) is 22.9 Å². The Morgan fingerprint density at radius 1 is 0.675 bits per heavy atom. The second-order valence-electron chi connectivity index (χ2n) is 18.9. The number of benzene rings is 4. The first-order chi connectivity index (χ1) is 36.8. The molecule has 2 unspecified atom stereocenters. The number of nitrogens with two attached hydrogens (primary N) is 4. The van der Waals surface area contributed by atoms with Crippen LogP contribution in [0, 0.1) is 0 Å². The van der Waals surface area contributed by atoms with Crippen LogP contribution in [0.15, 0.2) is 109 Å². The van der Waals surface area contributed by atoms with Gasteiger partial charge >= 0.3 is 0 Å². The number of carbonyl (C=O) groups excluding carboxylic acids is 9. The zero-order valence-corrected chi connectivity index (χ0v) is 44.3. The van der Waals surface area contributed by atoms with Gasteiger partial charge in [0.15, 0.2) is 0 Å². The number of rotatable bonds is 18. The Morgan fingerprint density at radius 3 is 1.81 bits per heavy atom. The predicted molar refractivity (Wildman–Crippen MR) is 292 cm³/mol. The summed E-state index contributed by atoms with van der Waals surface area (Å²) in [4.78, 5) is 126. The third-order valence-electron chi connectivity index (χ3n) is 13.0. The number of carbonyl (C=O) groups is 9. The van der Waals surface area contributed by atoms with Crippen LogP contribution in [-0.2, 0) is 64.0 Å². The molecule has 9 atom stereocenters. The molecule has 0 aromatic heterocycles. The minimum absolute atomic E-state index is 0.00748. The largest absolute Gasteiger partial charge is 0.390 e. The van der Waals surface area contributed by atoms with Gasteiger partial charge in [-0.1, -0.05) is 118 Å². The molecular weight excluding hydrogens is 1050 g/mol. The van der Waals surface area contributed by atoms with Crippen molar-refractivity contribution in [3.8, 4) is 0 Å². The van der Waals surface area contributed by atoms with Crippen LogP contribution in [-0.4, -0.2) is 130 Å². The van der Waals surface area contributed by atoms with E-state index >= 15 is 0 Å². The van der Waals surface area contributed by atoms with Gasteiger partial charge in [-0.25, -0.2) is 0 Å². The highest BCUT2D eigenvalue weighted by Gasteiger charge is 2.51. The van der Waals surface area contributed by atoms with Gasteiger partial charge in [0.05, 0.1) is 12.1 Å². The van der Waals surface area contributed by atoms with Crippen molar-refractivity contribution in [2.45, 2.75) is 105 Å². The minimum Gasteiger partial charge on any atom is -0.390 e. The summed E-state index contributed by atoms with van der Waals surface area (Å²) in [6.07, 6.45) is -1.76. The number of piperidine rings is 1. The first-order valence-corrected chi connectivity index (χ1v) is 27.7. The number of aliphatic hydroxyl groups is 1. The van der Waals surface area contributed by atoms with Crippen LogP contribution in [0.3, 0.4) is 0 Å². The van der Waals surface area contributed by atoms with Gasteiger partial charge < -0.3 is 65.3 Å². The second kappa shape index (κ2) is 28.4. The molecule has 9 amide bonds. The third kappa shape index (κ3) is 17.2. The summed E-state index contributed by atoms with van der Waals surface area (Å²) in [6, 6.07) is 20.3. The van der Waals surface area contributed by atoms with Crippen LogP contribution < -0.4 is 60.2 Å². The zero-order chi connectivity index (χ0) is 55.6. The van der Waals surface area contributed by atoms with E-state index < -0.39 is 114 Å². The van der Waals surface area contributed by atoms with Crippen LogP contribution in [0.1, 0.15) is 58.3 Å². The summed E-state index contributed by atoms with van der Waals surface area (Å²) in [5.74, 6) is -8.11. The Bertz CT molecular complexity index is 2730. The third-order valence-corrected chi connectivity index (χ3v) is 15.8. The lowest BCUT2D eigenvalue weighted by atomic mass is 9.84. The molecular formula is C53H64ClN11O10S2. The highest BCUT2D eigenvalue weighted by molar-refractivity contribution is 8.76. The lowest BCUT2D eigenvalue weighted by Gasteiger charge is -2.42. The van der Waals surface area contributed by atoms with E-state index in [0.29, 0.717) is 40.1 Å². The van der Waals surface area contributed by atoms with Crippen molar-refractivity contribution in [2.75, 3.05) is 18.1 Å². The average molecular weight is 1110 g/mol. The molecule has 4 aromatic rings. The first-order valence-electron chi connectivity index (χ1n) is 24.9. The van der Waals surface area contributed by atoms with Crippen molar-refractivity contribution in [3.05, 3.63) is 142 Å². The molecule has 16 N–H and O–H groups in total. The van der Waals surface area contributed by atoms with Crippen molar-refractivity contribution in [1.82, 2.24) is 37.2 Å². The maximum absolute atomic E-state index is 14.7. The van der Waals surface area contributed by atoms with E-state index in [2.05, 4.69) is 37.2 Å². The van der Waals surface area contributed by atoms with Gasteiger partial charge in [-0.05, 0) is 78.7 Å². The van der Waals surface area contributed by atoms with Gasteiger partial charge in [0, 0.05) is 47.8 Å². The predicted octanol–water partition coefficient (Wildman–Crippen LogP) is -0.425. The molecule has 0 aliphatic carbocycles. The number of halogens is 1. The smallest absolute Gasteiger partial charge is 0.248 e. The molecule has 410 valence electrons. The Kier molecular flexibility index (Phi) is 21.8. The topological polar surface area (TPSA) is 362 Å². The first kappa shape index (κ1) is 59.2. The molecule has 0 radical (unpaired) electrons. The minimum atomic E-state index is -1.97. The monoisotopic (exact) mass is 1110 g/mol. The van der Waals surface area contributed by atoms with Gasteiger partial charge in [0.1, 0.15) is 41.8 Å². The van der Waals surface area contributed by atoms with E-state index in [9.17, 15) is 48.3 Å². The highest BCUT2D eigenvalue weighted by Crippen LogP contribution is 2.32. The molecule has 3 heterocycles. The number of hydrogen-bond acceptors (Lipinski definition) is 14.